The van der Waals surface area contributed by atoms with Crippen LogP contribution < -0.4 is 5.73 Å². The van der Waals surface area contributed by atoms with E-state index in [9.17, 15) is 17.6 Å². The highest BCUT2D eigenvalue weighted by molar-refractivity contribution is 6.29. The van der Waals surface area contributed by atoms with Crippen LogP contribution in [-0.2, 0) is 9.47 Å². The molecule has 0 amide bonds. The smallest absolute Gasteiger partial charge is 0.411 e. The Bertz CT molecular complexity index is 678. The van der Waals surface area contributed by atoms with E-state index in [1.165, 1.54) is 20.8 Å². The second kappa shape index (κ2) is 8.83. The van der Waals surface area contributed by atoms with Crippen LogP contribution in [0.5, 0.6) is 0 Å². The normalized spacial score (nSPS) is 27.1. The molecule has 0 saturated heterocycles. The Hall–Kier alpha value is -1.94. The lowest BCUT2D eigenvalue weighted by Crippen LogP contribution is -2.59. The molecule has 1 aliphatic rings. The maximum absolute atomic E-state index is 14.9. The van der Waals surface area contributed by atoms with Crippen LogP contribution in [0, 0.1) is 5.41 Å². The first-order chi connectivity index (χ1) is 12.4. The summed E-state index contributed by atoms with van der Waals surface area (Å²) in [5, 5.41) is -0.111. The van der Waals surface area contributed by atoms with Crippen molar-refractivity contribution in [2.24, 2.45) is 26.1 Å². The summed E-state index contributed by atoms with van der Waals surface area (Å²) in [5.41, 5.74) is 2.34. The van der Waals surface area contributed by atoms with Crippen molar-refractivity contribution in [2.75, 3.05) is 13.2 Å². The average molecular weight is 413 g/mol. The first-order valence-corrected chi connectivity index (χ1v) is 8.13. The molecule has 11 heteroatoms. The number of nitrogens with zero attached hydrogens (tertiary/aromatic N) is 3. The van der Waals surface area contributed by atoms with Crippen LogP contribution in [-0.4, -0.2) is 50.0 Å². The van der Waals surface area contributed by atoms with Gasteiger partial charge in [-0.15, -0.1) is 0 Å². The van der Waals surface area contributed by atoms with Crippen LogP contribution in [0.3, 0.4) is 0 Å². The summed E-state index contributed by atoms with van der Waals surface area (Å²) in [6.45, 7) is 5.53. The van der Waals surface area contributed by atoms with E-state index in [0.717, 1.165) is 18.5 Å². The largest absolute Gasteiger partial charge is 0.463 e. The van der Waals surface area contributed by atoms with Crippen LogP contribution in [0.1, 0.15) is 20.8 Å². The van der Waals surface area contributed by atoms with Crippen molar-refractivity contribution in [3.8, 4) is 0 Å². The molecule has 1 unspecified atom stereocenters. The van der Waals surface area contributed by atoms with E-state index in [0.29, 0.717) is 0 Å². The molecule has 2 N–H and O–H groups in total. The van der Waals surface area contributed by atoms with E-state index >= 15 is 0 Å². The molecule has 0 fully saturated rings. The number of hydrogen-bond acceptors (Lipinski definition) is 6. The van der Waals surface area contributed by atoms with Crippen LogP contribution in [0.15, 0.2) is 38.2 Å². The molecule has 1 aliphatic heterocycles. The van der Waals surface area contributed by atoms with E-state index in [1.54, 1.807) is 0 Å². The molecule has 0 spiro atoms. The maximum Gasteiger partial charge on any atom is 0.411 e. The highest BCUT2D eigenvalue weighted by Gasteiger charge is 2.55. The SMILES string of the molecule is C=N/C=C(/Cl)N=CC(C)(/C(F)=C\C)[C@@]1(C)N=C(N)OC[C@@H]1OCC(F)(F)F. The molecule has 6 nitrogen and oxygen atoms in total. The summed E-state index contributed by atoms with van der Waals surface area (Å²) in [7, 11) is 0. The minimum Gasteiger partial charge on any atom is -0.463 e. The summed E-state index contributed by atoms with van der Waals surface area (Å²) in [6.07, 6.45) is -2.47. The zero-order valence-electron chi connectivity index (χ0n) is 15.1. The van der Waals surface area contributed by atoms with Gasteiger partial charge in [0.1, 0.15) is 35.8 Å². The molecule has 1 rings (SSSR count). The molecule has 0 aromatic carbocycles. The van der Waals surface area contributed by atoms with Gasteiger partial charge in [-0.3, -0.25) is 4.99 Å². The van der Waals surface area contributed by atoms with Gasteiger partial charge < -0.3 is 15.2 Å². The van der Waals surface area contributed by atoms with Gasteiger partial charge in [-0.2, -0.15) is 13.2 Å². The van der Waals surface area contributed by atoms with Crippen molar-refractivity contribution < 1.29 is 27.0 Å². The van der Waals surface area contributed by atoms with Gasteiger partial charge in [-0.1, -0.05) is 17.7 Å². The number of amidine groups is 1. The lowest BCUT2D eigenvalue weighted by molar-refractivity contribution is -0.199. The van der Waals surface area contributed by atoms with Crippen LogP contribution in [0.4, 0.5) is 17.6 Å². The first-order valence-electron chi connectivity index (χ1n) is 7.75. The number of rotatable bonds is 7. The highest BCUT2D eigenvalue weighted by Crippen LogP contribution is 2.45. The Morgan fingerprint density at radius 1 is 1.56 bits per heavy atom. The molecular weight excluding hydrogens is 392 g/mol. The fourth-order valence-electron chi connectivity index (χ4n) is 2.55. The number of alkyl halides is 3. The van der Waals surface area contributed by atoms with Gasteiger partial charge in [0, 0.05) is 6.21 Å². The number of allylic oxidation sites excluding steroid dienone is 1. The van der Waals surface area contributed by atoms with Crippen LogP contribution in [0.2, 0.25) is 0 Å². The fraction of sp³-hybridized carbons (Fsp3) is 0.562. The van der Waals surface area contributed by atoms with Crippen molar-refractivity contribution in [3.63, 3.8) is 0 Å². The van der Waals surface area contributed by atoms with Gasteiger partial charge in [-0.05, 0) is 27.5 Å². The second-order valence-corrected chi connectivity index (χ2v) is 6.44. The third kappa shape index (κ3) is 5.52. The molecule has 0 radical (unpaired) electrons. The number of halogens is 5. The summed E-state index contributed by atoms with van der Waals surface area (Å²) in [4.78, 5) is 11.4. The molecule has 0 bridgehead atoms. The van der Waals surface area contributed by atoms with Gasteiger partial charge in [0.2, 0.25) is 0 Å². The van der Waals surface area contributed by atoms with Crippen molar-refractivity contribution in [1.82, 2.24) is 0 Å². The third-order valence-electron chi connectivity index (χ3n) is 4.25. The highest BCUT2D eigenvalue weighted by atomic mass is 35.5. The zero-order valence-corrected chi connectivity index (χ0v) is 15.8. The van der Waals surface area contributed by atoms with E-state index in [4.69, 9.17) is 26.8 Å². The van der Waals surface area contributed by atoms with E-state index in [2.05, 4.69) is 21.7 Å². The lowest BCUT2D eigenvalue weighted by Gasteiger charge is -2.46. The number of hydrogen-bond donors (Lipinski definition) is 1. The first kappa shape index (κ1) is 23.1. The third-order valence-corrected chi connectivity index (χ3v) is 4.44. The van der Waals surface area contributed by atoms with Crippen molar-refractivity contribution in [2.45, 2.75) is 38.6 Å². The minimum atomic E-state index is -4.58. The lowest BCUT2D eigenvalue weighted by atomic mass is 9.68. The van der Waals surface area contributed by atoms with E-state index in [1.807, 2.05) is 0 Å². The summed E-state index contributed by atoms with van der Waals surface area (Å²) in [5.74, 6) is -0.719. The second-order valence-electron chi connectivity index (χ2n) is 6.05. The van der Waals surface area contributed by atoms with Crippen molar-refractivity contribution in [3.05, 3.63) is 23.3 Å². The Kier molecular flexibility index (Phi) is 7.56. The van der Waals surface area contributed by atoms with Crippen molar-refractivity contribution >= 4 is 30.6 Å². The van der Waals surface area contributed by atoms with Gasteiger partial charge in [-0.25, -0.2) is 14.4 Å². The van der Waals surface area contributed by atoms with Crippen LogP contribution >= 0.6 is 11.6 Å². The standard InChI is InChI=1S/C16H21ClF4N4O2/c1-5-10(18)14(2,8-24-12(17)6-23-4)15(3)11(7-26-13(22)25-15)27-9-16(19,20)21/h5-6,8,11H,4,7,9H2,1-3H3,(H2,22,25)/b10-5+,12-6-,24-8?/t11-,14?,15-/m0/s1. The number of nitrogens with two attached hydrogens (primary N) is 1. The minimum absolute atomic E-state index is 0.111. The fourth-order valence-corrected chi connectivity index (χ4v) is 2.66. The van der Waals surface area contributed by atoms with Gasteiger partial charge >= 0.3 is 6.18 Å². The van der Waals surface area contributed by atoms with E-state index in [-0.39, 0.29) is 17.8 Å². The topological polar surface area (TPSA) is 81.6 Å². The summed E-state index contributed by atoms with van der Waals surface area (Å²) < 4.78 is 62.7. The summed E-state index contributed by atoms with van der Waals surface area (Å²) >= 11 is 5.83. The molecule has 0 aliphatic carbocycles. The molecule has 0 saturated carbocycles. The Morgan fingerprint density at radius 2 is 2.19 bits per heavy atom. The quantitative estimate of drug-likeness (QED) is 0.393. The molecular formula is C16H21ClF4N4O2. The molecule has 1 heterocycles. The predicted octanol–water partition coefficient (Wildman–Crippen LogP) is 3.73. The Labute approximate surface area is 159 Å². The maximum atomic E-state index is 14.9. The zero-order chi connectivity index (χ0) is 20.9. The Morgan fingerprint density at radius 3 is 2.70 bits per heavy atom. The van der Waals surface area contributed by atoms with Gasteiger partial charge in [0.25, 0.3) is 6.02 Å². The molecule has 0 aromatic heterocycles. The number of aliphatic imine (C=N–C) groups is 3. The predicted molar refractivity (Wildman–Crippen MR) is 96.7 cm³/mol. The molecule has 0 aromatic rings. The van der Waals surface area contributed by atoms with Crippen molar-refractivity contribution in [1.29, 1.82) is 0 Å². The molecule has 152 valence electrons. The number of ether oxygens (including phenoxy) is 2. The summed E-state index contributed by atoms with van der Waals surface area (Å²) in [6, 6.07) is -0.303. The van der Waals surface area contributed by atoms with E-state index < -0.39 is 35.7 Å². The Balaban J connectivity index is 3.45. The molecule has 3 atom stereocenters. The van der Waals surface area contributed by atoms with Crippen LogP contribution in [0.25, 0.3) is 0 Å². The van der Waals surface area contributed by atoms with Gasteiger partial charge in [0.15, 0.2) is 0 Å². The average Bonchev–Trinajstić information content (AvgIpc) is 2.57. The van der Waals surface area contributed by atoms with Gasteiger partial charge in [0.05, 0.1) is 11.6 Å². The molecule has 27 heavy (non-hydrogen) atoms. The monoisotopic (exact) mass is 412 g/mol.